The molecule has 0 spiro atoms. The summed E-state index contributed by atoms with van der Waals surface area (Å²) in [7, 11) is 0. The third kappa shape index (κ3) is 5.93. The molecule has 152 valence electrons. The SMILES string of the molecule is CCOc1cc(CNC2CCCCC2)c(Cl)cc1OCc1ccc(Cl)c(Cl)c1. The summed E-state index contributed by atoms with van der Waals surface area (Å²) < 4.78 is 11.8. The van der Waals surface area contributed by atoms with Crippen molar-refractivity contribution in [2.45, 2.75) is 58.2 Å². The molecule has 1 N–H and O–H groups in total. The van der Waals surface area contributed by atoms with Gasteiger partial charge in [-0.25, -0.2) is 0 Å². The van der Waals surface area contributed by atoms with Crippen LogP contribution in [0.1, 0.15) is 50.2 Å². The molecule has 0 aliphatic heterocycles. The fourth-order valence-corrected chi connectivity index (χ4v) is 3.99. The van der Waals surface area contributed by atoms with E-state index in [1.54, 1.807) is 12.1 Å². The van der Waals surface area contributed by atoms with Crippen LogP contribution in [0.5, 0.6) is 11.5 Å². The lowest BCUT2D eigenvalue weighted by molar-refractivity contribution is 0.269. The number of hydrogen-bond donors (Lipinski definition) is 1. The molecular weight excluding hydrogens is 417 g/mol. The molecule has 28 heavy (non-hydrogen) atoms. The summed E-state index contributed by atoms with van der Waals surface area (Å²) in [6, 6.07) is 9.84. The molecule has 0 unspecified atom stereocenters. The molecule has 6 heteroatoms. The standard InChI is InChI=1S/C22H26Cl3NO2/c1-2-27-21-11-16(13-26-17-6-4-3-5-7-17)19(24)12-22(21)28-14-15-8-9-18(23)20(25)10-15/h8-12,17,26H,2-7,13-14H2,1H3. The van der Waals surface area contributed by atoms with E-state index in [0.717, 1.165) is 17.7 Å². The van der Waals surface area contributed by atoms with Crippen molar-refractivity contribution in [3.05, 3.63) is 56.5 Å². The fraction of sp³-hybridized carbons (Fsp3) is 0.455. The maximum absolute atomic E-state index is 6.53. The van der Waals surface area contributed by atoms with E-state index < -0.39 is 0 Å². The van der Waals surface area contributed by atoms with E-state index in [4.69, 9.17) is 44.3 Å². The largest absolute Gasteiger partial charge is 0.490 e. The van der Waals surface area contributed by atoms with Crippen molar-refractivity contribution in [3.63, 3.8) is 0 Å². The maximum atomic E-state index is 6.53. The second-order valence-corrected chi connectivity index (χ2v) is 8.30. The molecule has 1 aliphatic carbocycles. The van der Waals surface area contributed by atoms with E-state index in [0.29, 0.717) is 45.8 Å². The van der Waals surface area contributed by atoms with Gasteiger partial charge in [0, 0.05) is 23.7 Å². The number of benzene rings is 2. The summed E-state index contributed by atoms with van der Waals surface area (Å²) in [5.74, 6) is 1.33. The molecule has 0 aromatic heterocycles. The van der Waals surface area contributed by atoms with Crippen LogP contribution in [-0.2, 0) is 13.2 Å². The van der Waals surface area contributed by atoms with Crippen LogP contribution in [0.3, 0.4) is 0 Å². The van der Waals surface area contributed by atoms with Crippen LogP contribution in [-0.4, -0.2) is 12.6 Å². The van der Waals surface area contributed by atoms with Gasteiger partial charge in [0.25, 0.3) is 0 Å². The lowest BCUT2D eigenvalue weighted by Crippen LogP contribution is -2.30. The molecule has 3 rings (SSSR count). The number of ether oxygens (including phenoxy) is 2. The van der Waals surface area contributed by atoms with Crippen LogP contribution >= 0.6 is 34.8 Å². The molecule has 1 saturated carbocycles. The summed E-state index contributed by atoms with van der Waals surface area (Å²) in [6.07, 6.45) is 6.42. The Balaban J connectivity index is 1.69. The van der Waals surface area contributed by atoms with E-state index >= 15 is 0 Å². The van der Waals surface area contributed by atoms with Crippen LogP contribution in [0, 0.1) is 0 Å². The van der Waals surface area contributed by atoms with Crippen LogP contribution in [0.2, 0.25) is 15.1 Å². The summed E-state index contributed by atoms with van der Waals surface area (Å²) >= 11 is 18.6. The van der Waals surface area contributed by atoms with Gasteiger partial charge in [-0.1, -0.05) is 60.1 Å². The van der Waals surface area contributed by atoms with Gasteiger partial charge in [-0.3, -0.25) is 0 Å². The molecule has 3 nitrogen and oxygen atoms in total. The summed E-state index contributed by atoms with van der Waals surface area (Å²) in [5.41, 5.74) is 1.95. The van der Waals surface area contributed by atoms with Gasteiger partial charge in [0.2, 0.25) is 0 Å². The van der Waals surface area contributed by atoms with Crippen LogP contribution in [0.15, 0.2) is 30.3 Å². The first-order valence-electron chi connectivity index (χ1n) is 9.82. The maximum Gasteiger partial charge on any atom is 0.163 e. The average Bonchev–Trinajstić information content (AvgIpc) is 2.70. The monoisotopic (exact) mass is 441 g/mol. The predicted octanol–water partition coefficient (Wildman–Crippen LogP) is 7.05. The average molecular weight is 443 g/mol. The van der Waals surface area contributed by atoms with Gasteiger partial charge in [0.15, 0.2) is 11.5 Å². The Kier molecular flexibility index (Phi) is 8.16. The number of hydrogen-bond acceptors (Lipinski definition) is 3. The minimum absolute atomic E-state index is 0.354. The highest BCUT2D eigenvalue weighted by Gasteiger charge is 2.15. The molecule has 0 amide bonds. The van der Waals surface area contributed by atoms with E-state index in [2.05, 4.69) is 5.32 Å². The van der Waals surface area contributed by atoms with Crippen molar-refractivity contribution >= 4 is 34.8 Å². The zero-order chi connectivity index (χ0) is 19.9. The molecule has 1 fully saturated rings. The van der Waals surface area contributed by atoms with E-state index in [1.807, 2.05) is 25.1 Å². The van der Waals surface area contributed by atoms with Crippen molar-refractivity contribution in [2.75, 3.05) is 6.61 Å². The first kappa shape index (κ1) is 21.6. The van der Waals surface area contributed by atoms with Gasteiger partial charge in [-0.15, -0.1) is 0 Å². The minimum Gasteiger partial charge on any atom is -0.490 e. The number of nitrogens with one attached hydrogen (secondary N) is 1. The second-order valence-electron chi connectivity index (χ2n) is 7.08. The highest BCUT2D eigenvalue weighted by atomic mass is 35.5. The molecule has 0 radical (unpaired) electrons. The molecule has 2 aromatic carbocycles. The zero-order valence-corrected chi connectivity index (χ0v) is 18.3. The quantitative estimate of drug-likeness (QED) is 0.475. The molecule has 0 saturated heterocycles. The predicted molar refractivity (Wildman–Crippen MR) is 117 cm³/mol. The second kappa shape index (κ2) is 10.6. The molecule has 1 aliphatic rings. The third-order valence-electron chi connectivity index (χ3n) is 4.98. The highest BCUT2D eigenvalue weighted by molar-refractivity contribution is 6.42. The van der Waals surface area contributed by atoms with E-state index in [-0.39, 0.29) is 0 Å². The Morgan fingerprint density at radius 3 is 2.36 bits per heavy atom. The molecular formula is C22H26Cl3NO2. The third-order valence-corrected chi connectivity index (χ3v) is 6.07. The zero-order valence-electron chi connectivity index (χ0n) is 16.1. The Hall–Kier alpha value is -1.13. The highest BCUT2D eigenvalue weighted by Crippen LogP contribution is 2.35. The van der Waals surface area contributed by atoms with Crippen molar-refractivity contribution < 1.29 is 9.47 Å². The Morgan fingerprint density at radius 1 is 0.893 bits per heavy atom. The summed E-state index contributed by atoms with van der Waals surface area (Å²) in [5, 5.41) is 5.34. The number of rotatable bonds is 8. The summed E-state index contributed by atoms with van der Waals surface area (Å²) in [4.78, 5) is 0. The first-order chi connectivity index (χ1) is 13.6. The lowest BCUT2D eigenvalue weighted by Gasteiger charge is -2.23. The normalized spacial score (nSPS) is 14.9. The van der Waals surface area contributed by atoms with Gasteiger partial charge < -0.3 is 14.8 Å². The van der Waals surface area contributed by atoms with Crippen LogP contribution in [0.25, 0.3) is 0 Å². The first-order valence-corrected chi connectivity index (χ1v) is 11.0. The van der Waals surface area contributed by atoms with Gasteiger partial charge in [-0.2, -0.15) is 0 Å². The van der Waals surface area contributed by atoms with Gasteiger partial charge in [0.05, 0.1) is 16.7 Å². The Labute approximate surface area is 182 Å². The Morgan fingerprint density at radius 2 is 1.64 bits per heavy atom. The smallest absolute Gasteiger partial charge is 0.163 e. The van der Waals surface area contributed by atoms with Crippen LogP contribution in [0.4, 0.5) is 0 Å². The van der Waals surface area contributed by atoms with E-state index in [9.17, 15) is 0 Å². The molecule has 0 atom stereocenters. The number of halogens is 3. The van der Waals surface area contributed by atoms with Crippen molar-refractivity contribution in [3.8, 4) is 11.5 Å². The van der Waals surface area contributed by atoms with Gasteiger partial charge in [-0.05, 0) is 49.1 Å². The molecule has 0 bridgehead atoms. The summed E-state index contributed by atoms with van der Waals surface area (Å²) in [6.45, 7) is 3.60. The topological polar surface area (TPSA) is 30.5 Å². The van der Waals surface area contributed by atoms with Gasteiger partial charge >= 0.3 is 0 Å². The lowest BCUT2D eigenvalue weighted by atomic mass is 9.95. The van der Waals surface area contributed by atoms with Crippen molar-refractivity contribution in [1.82, 2.24) is 5.32 Å². The van der Waals surface area contributed by atoms with Crippen molar-refractivity contribution in [2.24, 2.45) is 0 Å². The molecule has 2 aromatic rings. The van der Waals surface area contributed by atoms with Crippen LogP contribution < -0.4 is 14.8 Å². The minimum atomic E-state index is 0.354. The molecule has 0 heterocycles. The Bertz CT molecular complexity index is 792. The van der Waals surface area contributed by atoms with Gasteiger partial charge in [0.1, 0.15) is 6.61 Å². The fourth-order valence-electron chi connectivity index (χ4n) is 3.45. The van der Waals surface area contributed by atoms with Crippen molar-refractivity contribution in [1.29, 1.82) is 0 Å². The van der Waals surface area contributed by atoms with E-state index in [1.165, 1.54) is 32.1 Å².